The Kier molecular flexibility index (Phi) is 2.69. The highest BCUT2D eigenvalue weighted by Gasteiger charge is 2.23. The molecular weight excluding hydrogens is 198 g/mol. The average molecular weight is 207 g/mol. The van der Waals surface area contributed by atoms with E-state index in [1.807, 2.05) is 0 Å². The van der Waals surface area contributed by atoms with Gasteiger partial charge in [0.2, 0.25) is 0 Å². The number of anilines is 1. The van der Waals surface area contributed by atoms with Crippen molar-refractivity contribution in [1.29, 1.82) is 0 Å². The summed E-state index contributed by atoms with van der Waals surface area (Å²) in [6.07, 6.45) is 0. The normalized spacial score (nSPS) is 10.5. The molecule has 78 valence electrons. The van der Waals surface area contributed by atoms with Gasteiger partial charge >= 0.3 is 0 Å². The van der Waals surface area contributed by atoms with Crippen molar-refractivity contribution < 1.29 is 17.6 Å². The first-order chi connectivity index (χ1) is 6.37. The van der Waals surface area contributed by atoms with Crippen LogP contribution < -0.4 is 4.90 Å². The predicted octanol–water partition coefficient (Wildman–Crippen LogP) is 2.62. The van der Waals surface area contributed by atoms with Crippen LogP contribution in [0.5, 0.6) is 0 Å². The summed E-state index contributed by atoms with van der Waals surface area (Å²) >= 11 is 0. The summed E-state index contributed by atoms with van der Waals surface area (Å²) < 4.78 is 52.2. The van der Waals surface area contributed by atoms with Crippen LogP contribution in [0.1, 0.15) is 5.56 Å². The molecule has 0 heterocycles. The van der Waals surface area contributed by atoms with Gasteiger partial charge in [-0.25, -0.2) is 17.6 Å². The van der Waals surface area contributed by atoms with Crippen molar-refractivity contribution in [1.82, 2.24) is 0 Å². The molecular formula is C9H9F4N. The molecule has 1 aromatic rings. The summed E-state index contributed by atoms with van der Waals surface area (Å²) in [5, 5.41) is 0. The van der Waals surface area contributed by atoms with Crippen LogP contribution in [0.15, 0.2) is 0 Å². The van der Waals surface area contributed by atoms with Crippen molar-refractivity contribution in [2.45, 2.75) is 6.92 Å². The van der Waals surface area contributed by atoms with Gasteiger partial charge in [0.25, 0.3) is 0 Å². The minimum absolute atomic E-state index is 0.648. The molecule has 0 amide bonds. The fraction of sp³-hybridized carbons (Fsp3) is 0.333. The number of hydrogen-bond acceptors (Lipinski definition) is 1. The van der Waals surface area contributed by atoms with Crippen LogP contribution in [0.4, 0.5) is 23.2 Å². The van der Waals surface area contributed by atoms with Crippen LogP contribution in [0, 0.1) is 30.2 Å². The van der Waals surface area contributed by atoms with Crippen molar-refractivity contribution in [3.63, 3.8) is 0 Å². The molecule has 0 radical (unpaired) electrons. The highest BCUT2D eigenvalue weighted by atomic mass is 19.2. The summed E-state index contributed by atoms with van der Waals surface area (Å²) in [6, 6.07) is 0. The van der Waals surface area contributed by atoms with Gasteiger partial charge in [0, 0.05) is 19.7 Å². The Morgan fingerprint density at radius 3 is 1.43 bits per heavy atom. The highest BCUT2D eigenvalue weighted by Crippen LogP contribution is 2.28. The predicted molar refractivity (Wildman–Crippen MR) is 45.3 cm³/mol. The molecule has 0 saturated carbocycles. The zero-order valence-corrected chi connectivity index (χ0v) is 7.96. The van der Waals surface area contributed by atoms with Crippen molar-refractivity contribution >= 4 is 5.69 Å². The van der Waals surface area contributed by atoms with E-state index in [9.17, 15) is 17.6 Å². The molecule has 0 aliphatic carbocycles. The topological polar surface area (TPSA) is 3.24 Å². The highest BCUT2D eigenvalue weighted by molar-refractivity contribution is 5.50. The Labute approximate surface area is 78.9 Å². The van der Waals surface area contributed by atoms with E-state index in [2.05, 4.69) is 0 Å². The Morgan fingerprint density at radius 1 is 0.786 bits per heavy atom. The molecule has 1 aromatic carbocycles. The quantitative estimate of drug-likeness (QED) is 0.505. The maximum atomic E-state index is 13.1. The molecule has 1 rings (SSSR count). The second-order valence-electron chi connectivity index (χ2n) is 3.12. The van der Waals surface area contributed by atoms with Crippen molar-refractivity contribution in [2.24, 2.45) is 0 Å². The molecule has 0 aliphatic heterocycles. The van der Waals surface area contributed by atoms with Crippen LogP contribution in [0.2, 0.25) is 0 Å². The summed E-state index contributed by atoms with van der Waals surface area (Å²) in [5.41, 5.74) is -1.35. The van der Waals surface area contributed by atoms with Crippen molar-refractivity contribution in [2.75, 3.05) is 19.0 Å². The maximum absolute atomic E-state index is 13.1. The molecule has 0 aromatic heterocycles. The lowest BCUT2D eigenvalue weighted by atomic mass is 10.1. The SMILES string of the molecule is Cc1c(F)c(F)c(N(C)C)c(F)c1F. The van der Waals surface area contributed by atoms with E-state index in [4.69, 9.17) is 0 Å². The van der Waals surface area contributed by atoms with Crippen molar-refractivity contribution in [3.05, 3.63) is 28.8 Å². The molecule has 1 nitrogen and oxygen atoms in total. The molecule has 0 fully saturated rings. The van der Waals surface area contributed by atoms with E-state index in [-0.39, 0.29) is 0 Å². The Hall–Kier alpha value is -1.26. The van der Waals surface area contributed by atoms with E-state index in [0.717, 1.165) is 11.8 Å². The van der Waals surface area contributed by atoms with Gasteiger partial charge in [0.05, 0.1) is 0 Å². The Bertz CT molecular complexity index is 345. The summed E-state index contributed by atoms with van der Waals surface area (Å²) in [5.74, 6) is -5.45. The first kappa shape index (κ1) is 10.8. The number of nitrogens with zero attached hydrogens (tertiary/aromatic N) is 1. The van der Waals surface area contributed by atoms with E-state index < -0.39 is 34.5 Å². The fourth-order valence-corrected chi connectivity index (χ4v) is 1.12. The molecule has 0 saturated heterocycles. The molecule has 0 atom stereocenters. The summed E-state index contributed by atoms with van der Waals surface area (Å²) in [7, 11) is 2.60. The largest absolute Gasteiger partial charge is 0.373 e. The Morgan fingerprint density at radius 2 is 1.14 bits per heavy atom. The second-order valence-corrected chi connectivity index (χ2v) is 3.12. The molecule has 0 unspecified atom stereocenters. The third-order valence-corrected chi connectivity index (χ3v) is 1.91. The van der Waals surface area contributed by atoms with Crippen LogP contribution in [-0.4, -0.2) is 14.1 Å². The monoisotopic (exact) mass is 207 g/mol. The average Bonchev–Trinajstić information content (AvgIpc) is 2.11. The zero-order valence-electron chi connectivity index (χ0n) is 7.96. The van der Waals surface area contributed by atoms with Gasteiger partial charge in [0.15, 0.2) is 23.3 Å². The van der Waals surface area contributed by atoms with Crippen LogP contribution in [-0.2, 0) is 0 Å². The molecule has 14 heavy (non-hydrogen) atoms. The van der Waals surface area contributed by atoms with Gasteiger partial charge in [-0.05, 0) is 6.92 Å². The number of rotatable bonds is 1. The summed E-state index contributed by atoms with van der Waals surface area (Å²) in [6.45, 7) is 0.982. The van der Waals surface area contributed by atoms with E-state index in [1.165, 1.54) is 14.1 Å². The molecule has 0 spiro atoms. The molecule has 0 bridgehead atoms. The third kappa shape index (κ3) is 1.42. The molecule has 0 N–H and O–H groups in total. The minimum Gasteiger partial charge on any atom is -0.373 e. The van der Waals surface area contributed by atoms with Gasteiger partial charge in [-0.15, -0.1) is 0 Å². The van der Waals surface area contributed by atoms with E-state index in [0.29, 0.717) is 0 Å². The lowest BCUT2D eigenvalue weighted by molar-refractivity contribution is 0.446. The van der Waals surface area contributed by atoms with Crippen LogP contribution >= 0.6 is 0 Å². The van der Waals surface area contributed by atoms with Gasteiger partial charge in [-0.3, -0.25) is 0 Å². The van der Waals surface area contributed by atoms with Gasteiger partial charge < -0.3 is 4.90 Å². The second kappa shape index (κ2) is 3.48. The van der Waals surface area contributed by atoms with E-state index in [1.54, 1.807) is 0 Å². The smallest absolute Gasteiger partial charge is 0.185 e. The van der Waals surface area contributed by atoms with Gasteiger partial charge in [-0.1, -0.05) is 0 Å². The Balaban J connectivity index is 3.60. The molecule has 0 aliphatic rings. The fourth-order valence-electron chi connectivity index (χ4n) is 1.12. The van der Waals surface area contributed by atoms with Gasteiger partial charge in [-0.2, -0.15) is 0 Å². The zero-order chi connectivity index (χ0) is 11.0. The number of benzene rings is 1. The number of hydrogen-bond donors (Lipinski definition) is 0. The lowest BCUT2D eigenvalue weighted by Crippen LogP contribution is -2.16. The standard InChI is InChI=1S/C9H9F4N/c1-4-5(10)7(12)9(14(2)3)8(13)6(4)11/h1-3H3. The third-order valence-electron chi connectivity index (χ3n) is 1.91. The van der Waals surface area contributed by atoms with Crippen LogP contribution in [0.25, 0.3) is 0 Å². The van der Waals surface area contributed by atoms with Gasteiger partial charge in [0.1, 0.15) is 5.69 Å². The molecule has 5 heteroatoms. The maximum Gasteiger partial charge on any atom is 0.185 e. The first-order valence-corrected chi connectivity index (χ1v) is 3.87. The van der Waals surface area contributed by atoms with Crippen LogP contribution in [0.3, 0.4) is 0 Å². The van der Waals surface area contributed by atoms with E-state index >= 15 is 0 Å². The number of halogens is 4. The summed E-state index contributed by atoms with van der Waals surface area (Å²) in [4.78, 5) is 0.982. The lowest BCUT2D eigenvalue weighted by Gasteiger charge is -2.16. The first-order valence-electron chi connectivity index (χ1n) is 3.87. The minimum atomic E-state index is -1.37. The van der Waals surface area contributed by atoms with Crippen molar-refractivity contribution in [3.8, 4) is 0 Å².